The molecule has 0 unspecified atom stereocenters. The molecule has 0 atom stereocenters. The fraction of sp³-hybridized carbons (Fsp3) is 0.650. The number of carbonyl (C=O) groups excluding carboxylic acids is 1. The van der Waals surface area contributed by atoms with Crippen molar-refractivity contribution in [1.29, 1.82) is 0 Å². The Labute approximate surface area is 141 Å². The van der Waals surface area contributed by atoms with Gasteiger partial charge in [-0.3, -0.25) is 4.79 Å². The molecular weight excluding hydrogens is 289 g/mol. The van der Waals surface area contributed by atoms with Gasteiger partial charge < -0.3 is 4.90 Å². The lowest BCUT2D eigenvalue weighted by Crippen LogP contribution is -2.41. The molecule has 0 heterocycles. The largest absolute Gasteiger partial charge is 0.307 e. The number of amides is 1. The first-order valence-electron chi connectivity index (χ1n) is 9.13. The minimum absolute atomic E-state index is 0.0502. The van der Waals surface area contributed by atoms with Gasteiger partial charge in [-0.05, 0) is 43.9 Å². The van der Waals surface area contributed by atoms with E-state index in [0.29, 0.717) is 12.1 Å². The highest BCUT2D eigenvalue weighted by Gasteiger charge is 2.26. The summed E-state index contributed by atoms with van der Waals surface area (Å²) in [6.45, 7) is 8.25. The Balaban J connectivity index is 3.18. The molecule has 23 heavy (non-hydrogen) atoms. The SMILES string of the molecule is CCCCC(CCCC)N(C(=O)CCC)c1cc(C)ccc1F. The minimum atomic E-state index is -0.293. The van der Waals surface area contributed by atoms with E-state index < -0.39 is 0 Å². The molecule has 0 aliphatic carbocycles. The first-order chi connectivity index (χ1) is 11.0. The molecule has 0 N–H and O–H groups in total. The smallest absolute Gasteiger partial charge is 0.227 e. The van der Waals surface area contributed by atoms with Gasteiger partial charge in [0, 0.05) is 12.5 Å². The molecule has 0 aliphatic rings. The monoisotopic (exact) mass is 321 g/mol. The van der Waals surface area contributed by atoms with Crippen molar-refractivity contribution in [3.05, 3.63) is 29.6 Å². The van der Waals surface area contributed by atoms with E-state index in [4.69, 9.17) is 0 Å². The molecule has 0 radical (unpaired) electrons. The van der Waals surface area contributed by atoms with Gasteiger partial charge in [0.25, 0.3) is 0 Å². The van der Waals surface area contributed by atoms with Crippen molar-refractivity contribution in [1.82, 2.24) is 0 Å². The van der Waals surface area contributed by atoms with Crippen LogP contribution in [0.2, 0.25) is 0 Å². The van der Waals surface area contributed by atoms with Gasteiger partial charge in [0.2, 0.25) is 5.91 Å². The lowest BCUT2D eigenvalue weighted by Gasteiger charge is -2.33. The molecule has 1 aromatic rings. The molecule has 2 nitrogen and oxygen atoms in total. The van der Waals surface area contributed by atoms with Crippen molar-refractivity contribution in [3.8, 4) is 0 Å². The standard InChI is InChI=1S/C20H32FNO/c1-5-8-11-17(12-9-6-2)22(20(23)10-7-3)19-15-16(4)13-14-18(19)21/h13-15,17H,5-12H2,1-4H3. The number of anilines is 1. The molecule has 1 rings (SSSR count). The van der Waals surface area contributed by atoms with E-state index in [1.165, 1.54) is 6.07 Å². The van der Waals surface area contributed by atoms with E-state index in [2.05, 4.69) is 13.8 Å². The third-order valence-corrected chi connectivity index (χ3v) is 4.24. The van der Waals surface area contributed by atoms with Gasteiger partial charge in [0.15, 0.2) is 0 Å². The van der Waals surface area contributed by atoms with Gasteiger partial charge in [-0.2, -0.15) is 0 Å². The Morgan fingerprint density at radius 2 is 1.70 bits per heavy atom. The van der Waals surface area contributed by atoms with Crippen LogP contribution in [0.3, 0.4) is 0 Å². The zero-order valence-electron chi connectivity index (χ0n) is 15.2. The summed E-state index contributed by atoms with van der Waals surface area (Å²) < 4.78 is 14.4. The van der Waals surface area contributed by atoms with Crippen molar-refractivity contribution in [2.75, 3.05) is 4.90 Å². The number of rotatable bonds is 10. The highest BCUT2D eigenvalue weighted by atomic mass is 19.1. The second-order valence-corrected chi connectivity index (χ2v) is 6.41. The van der Waals surface area contributed by atoms with Crippen LogP contribution in [-0.2, 0) is 4.79 Å². The second kappa shape index (κ2) is 10.4. The number of halogens is 1. The van der Waals surface area contributed by atoms with Gasteiger partial charge in [-0.25, -0.2) is 4.39 Å². The van der Waals surface area contributed by atoms with Crippen LogP contribution in [-0.4, -0.2) is 11.9 Å². The van der Waals surface area contributed by atoms with E-state index in [0.717, 1.165) is 50.5 Å². The molecule has 0 spiro atoms. The van der Waals surface area contributed by atoms with Crippen LogP contribution in [0, 0.1) is 12.7 Å². The minimum Gasteiger partial charge on any atom is -0.307 e. The van der Waals surface area contributed by atoms with Crippen molar-refractivity contribution < 1.29 is 9.18 Å². The maximum absolute atomic E-state index is 14.4. The number of nitrogens with zero attached hydrogens (tertiary/aromatic N) is 1. The predicted octanol–water partition coefficient (Wildman–Crippen LogP) is 6.02. The molecule has 1 amide bonds. The highest BCUT2D eigenvalue weighted by Crippen LogP contribution is 2.28. The molecule has 0 aromatic heterocycles. The zero-order valence-corrected chi connectivity index (χ0v) is 15.2. The average Bonchev–Trinajstić information content (AvgIpc) is 2.53. The number of carbonyl (C=O) groups is 1. The van der Waals surface area contributed by atoms with Gasteiger partial charge >= 0.3 is 0 Å². The Morgan fingerprint density at radius 1 is 1.09 bits per heavy atom. The summed E-state index contributed by atoms with van der Waals surface area (Å²) in [7, 11) is 0. The summed E-state index contributed by atoms with van der Waals surface area (Å²) in [4.78, 5) is 14.5. The number of hydrogen-bond acceptors (Lipinski definition) is 1. The van der Waals surface area contributed by atoms with Crippen LogP contribution in [0.25, 0.3) is 0 Å². The van der Waals surface area contributed by atoms with Crippen LogP contribution < -0.4 is 4.90 Å². The maximum Gasteiger partial charge on any atom is 0.227 e. The van der Waals surface area contributed by atoms with Crippen LogP contribution >= 0.6 is 0 Å². The van der Waals surface area contributed by atoms with Crippen LogP contribution in [0.1, 0.15) is 77.7 Å². The Kier molecular flexibility index (Phi) is 8.90. The van der Waals surface area contributed by atoms with E-state index in [-0.39, 0.29) is 17.8 Å². The molecule has 0 saturated carbocycles. The Morgan fingerprint density at radius 3 is 2.22 bits per heavy atom. The number of benzene rings is 1. The molecule has 130 valence electrons. The van der Waals surface area contributed by atoms with Crippen LogP contribution in [0.15, 0.2) is 18.2 Å². The van der Waals surface area contributed by atoms with E-state index in [9.17, 15) is 9.18 Å². The normalized spacial score (nSPS) is 11.0. The molecule has 0 aliphatic heterocycles. The fourth-order valence-electron chi connectivity index (χ4n) is 2.96. The molecular formula is C20H32FNO. The zero-order chi connectivity index (χ0) is 17.2. The topological polar surface area (TPSA) is 20.3 Å². The molecule has 1 aromatic carbocycles. The van der Waals surface area contributed by atoms with E-state index in [1.54, 1.807) is 11.0 Å². The highest BCUT2D eigenvalue weighted by molar-refractivity contribution is 5.94. The van der Waals surface area contributed by atoms with Crippen LogP contribution in [0.4, 0.5) is 10.1 Å². The van der Waals surface area contributed by atoms with Crippen LogP contribution in [0.5, 0.6) is 0 Å². The van der Waals surface area contributed by atoms with Crippen molar-refractivity contribution in [2.24, 2.45) is 0 Å². The summed E-state index contributed by atoms with van der Waals surface area (Å²) >= 11 is 0. The lowest BCUT2D eigenvalue weighted by atomic mass is 10.00. The van der Waals surface area contributed by atoms with Gasteiger partial charge in [0.1, 0.15) is 5.82 Å². The molecule has 3 heteroatoms. The molecule has 0 fully saturated rings. The first-order valence-corrected chi connectivity index (χ1v) is 9.13. The molecule has 0 bridgehead atoms. The number of unbranched alkanes of at least 4 members (excludes halogenated alkanes) is 2. The maximum atomic E-state index is 14.4. The summed E-state index contributed by atoms with van der Waals surface area (Å²) in [5.74, 6) is -0.243. The quantitative estimate of drug-likeness (QED) is 0.516. The van der Waals surface area contributed by atoms with Crippen molar-refractivity contribution >= 4 is 11.6 Å². The van der Waals surface area contributed by atoms with Gasteiger partial charge in [-0.1, -0.05) is 52.5 Å². The summed E-state index contributed by atoms with van der Waals surface area (Å²) in [6, 6.07) is 5.15. The van der Waals surface area contributed by atoms with Crippen molar-refractivity contribution in [2.45, 2.75) is 85.1 Å². The van der Waals surface area contributed by atoms with Crippen molar-refractivity contribution in [3.63, 3.8) is 0 Å². The summed E-state index contributed by atoms with van der Waals surface area (Å²) in [6.07, 6.45) is 7.47. The third kappa shape index (κ3) is 5.96. The van der Waals surface area contributed by atoms with Gasteiger partial charge in [-0.15, -0.1) is 0 Å². The predicted molar refractivity (Wildman–Crippen MR) is 96.4 cm³/mol. The number of hydrogen-bond donors (Lipinski definition) is 0. The second-order valence-electron chi connectivity index (χ2n) is 6.41. The van der Waals surface area contributed by atoms with E-state index >= 15 is 0 Å². The fourth-order valence-corrected chi connectivity index (χ4v) is 2.96. The lowest BCUT2D eigenvalue weighted by molar-refractivity contribution is -0.119. The summed E-state index contributed by atoms with van der Waals surface area (Å²) in [5.41, 5.74) is 1.45. The number of aryl methyl sites for hydroxylation is 1. The summed E-state index contributed by atoms with van der Waals surface area (Å²) in [5, 5.41) is 0. The molecule has 0 saturated heterocycles. The van der Waals surface area contributed by atoms with Gasteiger partial charge in [0.05, 0.1) is 5.69 Å². The first kappa shape index (κ1) is 19.7. The average molecular weight is 321 g/mol. The third-order valence-electron chi connectivity index (χ3n) is 4.24. The van der Waals surface area contributed by atoms with E-state index in [1.807, 2.05) is 19.9 Å². The Bertz CT molecular complexity index is 479. The Hall–Kier alpha value is -1.38.